The first-order chi connectivity index (χ1) is 10.8. The second-order valence-electron chi connectivity index (χ2n) is 4.85. The molecule has 0 aliphatic heterocycles. The highest BCUT2D eigenvalue weighted by Gasteiger charge is 2.14. The van der Waals surface area contributed by atoms with Crippen molar-refractivity contribution < 1.29 is 4.79 Å². The third-order valence-electron chi connectivity index (χ3n) is 3.48. The van der Waals surface area contributed by atoms with Crippen LogP contribution in [-0.2, 0) is 6.54 Å². The summed E-state index contributed by atoms with van der Waals surface area (Å²) in [6.45, 7) is 0.283. The van der Waals surface area contributed by atoms with E-state index in [0.717, 1.165) is 16.6 Å². The Hall–Kier alpha value is -3.22. The first kappa shape index (κ1) is 12.5. The molecule has 0 aliphatic carbocycles. The summed E-state index contributed by atoms with van der Waals surface area (Å²) in [4.78, 5) is 12.3. The van der Waals surface area contributed by atoms with Crippen LogP contribution in [0.4, 0.5) is 0 Å². The van der Waals surface area contributed by atoms with E-state index >= 15 is 0 Å². The molecule has 0 bridgehead atoms. The lowest BCUT2D eigenvalue weighted by molar-refractivity contribution is 0.0946. The fourth-order valence-electron chi connectivity index (χ4n) is 2.39. The van der Waals surface area contributed by atoms with E-state index in [1.54, 1.807) is 0 Å². The van der Waals surface area contributed by atoms with Gasteiger partial charge in [-0.2, -0.15) is 5.10 Å². The Morgan fingerprint density at radius 3 is 2.95 bits per heavy atom. The monoisotopic (exact) mass is 292 g/mol. The summed E-state index contributed by atoms with van der Waals surface area (Å²) in [6, 6.07) is 13.2. The van der Waals surface area contributed by atoms with Gasteiger partial charge in [0, 0.05) is 11.6 Å². The van der Waals surface area contributed by atoms with E-state index in [9.17, 15) is 4.79 Å². The third-order valence-corrected chi connectivity index (χ3v) is 3.48. The average Bonchev–Trinajstić information content (AvgIpc) is 3.17. The number of H-pyrrole nitrogens is 1. The van der Waals surface area contributed by atoms with Gasteiger partial charge in [-0.25, -0.2) is 0 Å². The lowest BCUT2D eigenvalue weighted by Crippen LogP contribution is -2.24. The minimum absolute atomic E-state index is 0.245. The highest BCUT2D eigenvalue weighted by Crippen LogP contribution is 2.14. The van der Waals surface area contributed by atoms with Crippen LogP contribution in [0.3, 0.4) is 0 Å². The number of carbonyl (C=O) groups excluding carboxylic acids is 1. The number of rotatable bonds is 3. The molecule has 0 aliphatic rings. The van der Waals surface area contributed by atoms with Gasteiger partial charge >= 0.3 is 0 Å². The van der Waals surface area contributed by atoms with Gasteiger partial charge in [0.1, 0.15) is 0 Å². The SMILES string of the molecule is O=C(NCc1nnc2ccccn12)c1n[nH]c2ccccc12. The number of aromatic nitrogens is 5. The van der Waals surface area contributed by atoms with Crippen LogP contribution in [0, 0.1) is 0 Å². The van der Waals surface area contributed by atoms with Crippen molar-refractivity contribution in [3.05, 3.63) is 60.2 Å². The highest BCUT2D eigenvalue weighted by molar-refractivity contribution is 6.04. The minimum atomic E-state index is -0.245. The maximum absolute atomic E-state index is 12.3. The molecule has 0 radical (unpaired) electrons. The van der Waals surface area contributed by atoms with Gasteiger partial charge in [-0.1, -0.05) is 24.3 Å². The summed E-state index contributed by atoms with van der Waals surface area (Å²) in [5, 5.41) is 18.7. The molecule has 108 valence electrons. The Morgan fingerprint density at radius 2 is 2.00 bits per heavy atom. The van der Waals surface area contributed by atoms with Gasteiger partial charge in [0.15, 0.2) is 17.2 Å². The predicted molar refractivity (Wildman–Crippen MR) is 80.3 cm³/mol. The second kappa shape index (κ2) is 4.96. The van der Waals surface area contributed by atoms with Crippen molar-refractivity contribution in [1.29, 1.82) is 0 Å². The van der Waals surface area contributed by atoms with Gasteiger partial charge in [-0.05, 0) is 18.2 Å². The molecule has 1 amide bonds. The molecular formula is C15H12N6O. The Kier molecular flexibility index (Phi) is 2.82. The van der Waals surface area contributed by atoms with Crippen molar-refractivity contribution in [2.75, 3.05) is 0 Å². The Balaban J connectivity index is 1.57. The van der Waals surface area contributed by atoms with E-state index in [0.29, 0.717) is 11.5 Å². The molecule has 0 saturated heterocycles. The summed E-state index contributed by atoms with van der Waals surface area (Å²) < 4.78 is 1.84. The van der Waals surface area contributed by atoms with Gasteiger partial charge in [0.2, 0.25) is 0 Å². The lowest BCUT2D eigenvalue weighted by Gasteiger charge is -2.02. The molecule has 0 unspecified atom stereocenters. The Morgan fingerprint density at radius 1 is 1.14 bits per heavy atom. The standard InChI is InChI=1S/C15H12N6O/c22-15(14-10-5-1-2-6-11(10)17-20-14)16-9-13-19-18-12-7-3-4-8-21(12)13/h1-8H,9H2,(H,16,22)(H,17,20). The number of hydrogen-bond acceptors (Lipinski definition) is 4. The third kappa shape index (κ3) is 1.99. The smallest absolute Gasteiger partial charge is 0.272 e. The molecule has 0 spiro atoms. The van der Waals surface area contributed by atoms with Crippen LogP contribution in [0.1, 0.15) is 16.3 Å². The predicted octanol–water partition coefficient (Wildman–Crippen LogP) is 1.54. The van der Waals surface area contributed by atoms with Gasteiger partial charge in [-0.15, -0.1) is 10.2 Å². The number of hydrogen-bond donors (Lipinski definition) is 2. The fraction of sp³-hybridized carbons (Fsp3) is 0.0667. The molecule has 3 aromatic heterocycles. The number of para-hydroxylation sites is 1. The van der Waals surface area contributed by atoms with Crippen LogP contribution in [-0.4, -0.2) is 30.7 Å². The van der Waals surface area contributed by atoms with Gasteiger partial charge in [-0.3, -0.25) is 14.3 Å². The van der Waals surface area contributed by atoms with Crippen LogP contribution in [0.2, 0.25) is 0 Å². The lowest BCUT2D eigenvalue weighted by atomic mass is 10.2. The molecular weight excluding hydrogens is 280 g/mol. The molecule has 0 saturated carbocycles. The second-order valence-corrected chi connectivity index (χ2v) is 4.85. The molecule has 0 fully saturated rings. The number of fused-ring (bicyclic) bond motifs is 2. The van der Waals surface area contributed by atoms with E-state index in [2.05, 4.69) is 25.7 Å². The largest absolute Gasteiger partial charge is 0.343 e. The number of amides is 1. The van der Waals surface area contributed by atoms with Crippen LogP contribution < -0.4 is 5.32 Å². The summed E-state index contributed by atoms with van der Waals surface area (Å²) in [5.41, 5.74) is 1.96. The number of benzene rings is 1. The first-order valence-corrected chi connectivity index (χ1v) is 6.83. The number of pyridine rings is 1. The number of nitrogens with one attached hydrogen (secondary N) is 2. The number of carbonyl (C=O) groups is 1. The highest BCUT2D eigenvalue weighted by atomic mass is 16.1. The minimum Gasteiger partial charge on any atom is -0.343 e. The van der Waals surface area contributed by atoms with Gasteiger partial charge in [0.05, 0.1) is 12.1 Å². The molecule has 7 heteroatoms. The molecule has 0 atom stereocenters. The van der Waals surface area contributed by atoms with Gasteiger partial charge < -0.3 is 5.32 Å². The maximum atomic E-state index is 12.3. The van der Waals surface area contributed by atoms with Crippen LogP contribution in [0.25, 0.3) is 16.6 Å². The quantitative estimate of drug-likeness (QED) is 0.599. The average molecular weight is 292 g/mol. The van der Waals surface area contributed by atoms with Crippen molar-refractivity contribution in [2.24, 2.45) is 0 Å². The summed E-state index contributed by atoms with van der Waals surface area (Å²) in [6.07, 6.45) is 1.86. The van der Waals surface area contributed by atoms with Crippen molar-refractivity contribution in [2.45, 2.75) is 6.54 Å². The summed E-state index contributed by atoms with van der Waals surface area (Å²) >= 11 is 0. The summed E-state index contributed by atoms with van der Waals surface area (Å²) in [7, 11) is 0. The van der Waals surface area contributed by atoms with Crippen molar-refractivity contribution in [3.8, 4) is 0 Å². The van der Waals surface area contributed by atoms with Gasteiger partial charge in [0.25, 0.3) is 5.91 Å². The Bertz CT molecular complexity index is 970. The maximum Gasteiger partial charge on any atom is 0.272 e. The van der Waals surface area contributed by atoms with E-state index in [1.165, 1.54) is 0 Å². The Labute approximate surface area is 125 Å². The molecule has 4 rings (SSSR count). The van der Waals surface area contributed by atoms with Crippen molar-refractivity contribution in [3.63, 3.8) is 0 Å². The summed E-state index contributed by atoms with van der Waals surface area (Å²) in [5.74, 6) is 0.425. The fourth-order valence-corrected chi connectivity index (χ4v) is 2.39. The van der Waals surface area contributed by atoms with E-state index < -0.39 is 0 Å². The molecule has 4 aromatic rings. The van der Waals surface area contributed by atoms with E-state index in [4.69, 9.17) is 0 Å². The number of aromatic amines is 1. The molecule has 2 N–H and O–H groups in total. The molecule has 22 heavy (non-hydrogen) atoms. The normalized spacial score (nSPS) is 11.1. The van der Waals surface area contributed by atoms with Crippen LogP contribution in [0.5, 0.6) is 0 Å². The van der Waals surface area contributed by atoms with Crippen molar-refractivity contribution in [1.82, 2.24) is 30.1 Å². The van der Waals surface area contributed by atoms with E-state index in [1.807, 2.05) is 53.1 Å². The topological polar surface area (TPSA) is 88.0 Å². The zero-order chi connectivity index (χ0) is 14.9. The first-order valence-electron chi connectivity index (χ1n) is 6.83. The zero-order valence-electron chi connectivity index (χ0n) is 11.5. The van der Waals surface area contributed by atoms with E-state index in [-0.39, 0.29) is 12.5 Å². The number of nitrogens with zero attached hydrogens (tertiary/aromatic N) is 4. The van der Waals surface area contributed by atoms with Crippen LogP contribution in [0.15, 0.2) is 48.7 Å². The zero-order valence-corrected chi connectivity index (χ0v) is 11.5. The molecule has 3 heterocycles. The van der Waals surface area contributed by atoms with Crippen LogP contribution >= 0.6 is 0 Å². The molecule has 7 nitrogen and oxygen atoms in total. The van der Waals surface area contributed by atoms with Crippen molar-refractivity contribution >= 4 is 22.5 Å². The molecule has 1 aromatic carbocycles.